The van der Waals surface area contributed by atoms with Gasteiger partial charge in [-0.15, -0.1) is 24.8 Å². The first-order valence-electron chi connectivity index (χ1n) is 11.5. The Bertz CT molecular complexity index is 1040. The number of halogens is 2. The van der Waals surface area contributed by atoms with Crippen LogP contribution >= 0.6 is 24.8 Å². The summed E-state index contributed by atoms with van der Waals surface area (Å²) < 4.78 is 13.1. The van der Waals surface area contributed by atoms with Crippen LogP contribution in [0.4, 0.5) is 0 Å². The zero-order chi connectivity index (χ0) is 24.0. The lowest BCUT2D eigenvalue weighted by molar-refractivity contribution is 0.0484. The second-order valence-electron chi connectivity index (χ2n) is 8.79. The maximum absolute atomic E-state index is 12.6. The Morgan fingerprint density at radius 1 is 0.743 bits per heavy atom. The van der Waals surface area contributed by atoms with Crippen LogP contribution in [-0.2, 0) is 16.0 Å². The van der Waals surface area contributed by atoms with Gasteiger partial charge in [-0.2, -0.15) is 0 Å². The van der Waals surface area contributed by atoms with Gasteiger partial charge in [-0.05, 0) is 84.4 Å². The van der Waals surface area contributed by atoms with Gasteiger partial charge in [-0.25, -0.2) is 9.59 Å². The van der Waals surface area contributed by atoms with Gasteiger partial charge >= 0.3 is 11.9 Å². The highest BCUT2D eigenvalue weighted by Gasteiger charge is 2.16. The Kier molecular flexibility index (Phi) is 12.5. The van der Waals surface area contributed by atoms with E-state index in [-0.39, 0.29) is 36.8 Å². The van der Waals surface area contributed by atoms with E-state index >= 15 is 0 Å². The summed E-state index contributed by atoms with van der Waals surface area (Å²) in [5.74, 6) is -0.658. The van der Waals surface area contributed by atoms with Crippen LogP contribution in [0.5, 0.6) is 0 Å². The fraction of sp³-hybridized carbons (Fsp3) is 0.462. The van der Waals surface area contributed by atoms with Crippen molar-refractivity contribution < 1.29 is 19.1 Å². The lowest BCUT2D eigenvalue weighted by Crippen LogP contribution is -2.16. The van der Waals surface area contributed by atoms with Crippen molar-refractivity contribution in [2.75, 3.05) is 54.5 Å². The number of fused-ring (bicyclic) bond motifs is 3. The molecule has 0 aliphatic heterocycles. The number of benzene rings is 2. The van der Waals surface area contributed by atoms with Gasteiger partial charge in [0, 0.05) is 41.4 Å². The number of carbonyl (C=O) groups is 2. The van der Waals surface area contributed by atoms with Crippen LogP contribution in [0, 0.1) is 0 Å². The fourth-order valence-electron chi connectivity index (χ4n) is 3.96. The number of ether oxygens (including phenoxy) is 2. The Labute approximate surface area is 220 Å². The lowest BCUT2D eigenvalue weighted by atomic mass is 10.1. The van der Waals surface area contributed by atoms with Gasteiger partial charge in [0.1, 0.15) is 0 Å². The molecule has 7 nitrogen and oxygen atoms in total. The van der Waals surface area contributed by atoms with Crippen LogP contribution in [0.3, 0.4) is 0 Å². The molecule has 0 unspecified atom stereocenters. The van der Waals surface area contributed by atoms with E-state index in [1.807, 2.05) is 64.6 Å². The van der Waals surface area contributed by atoms with Crippen molar-refractivity contribution in [2.24, 2.45) is 0 Å². The fourth-order valence-corrected chi connectivity index (χ4v) is 3.96. The van der Waals surface area contributed by atoms with E-state index in [4.69, 9.17) is 9.47 Å². The maximum Gasteiger partial charge on any atom is 0.338 e. The number of hydrogen-bond acceptors (Lipinski definition) is 6. The summed E-state index contributed by atoms with van der Waals surface area (Å²) in [4.78, 5) is 29.3. The normalized spacial score (nSPS) is 10.9. The molecular formula is C26H37Cl2N3O4. The van der Waals surface area contributed by atoms with Gasteiger partial charge in [0.25, 0.3) is 0 Å². The first-order valence-corrected chi connectivity index (χ1v) is 11.5. The molecule has 1 heterocycles. The van der Waals surface area contributed by atoms with Crippen LogP contribution in [0.1, 0.15) is 40.5 Å². The van der Waals surface area contributed by atoms with E-state index in [2.05, 4.69) is 21.3 Å². The smallest absolute Gasteiger partial charge is 0.338 e. The van der Waals surface area contributed by atoms with Crippen molar-refractivity contribution in [1.82, 2.24) is 14.4 Å². The third kappa shape index (κ3) is 7.84. The Hall–Kier alpha value is -2.32. The molecule has 0 fully saturated rings. The van der Waals surface area contributed by atoms with Crippen molar-refractivity contribution in [3.63, 3.8) is 0 Å². The Balaban J connectivity index is 0.00000306. The predicted molar refractivity (Wildman–Crippen MR) is 147 cm³/mol. The molecule has 0 aliphatic rings. The Morgan fingerprint density at radius 2 is 1.14 bits per heavy atom. The summed E-state index contributed by atoms with van der Waals surface area (Å²) in [5.41, 5.74) is 3.07. The lowest BCUT2D eigenvalue weighted by Gasteiger charge is -2.10. The molecule has 3 aromatic rings. The van der Waals surface area contributed by atoms with E-state index in [0.717, 1.165) is 54.3 Å². The number of rotatable bonds is 11. The second-order valence-corrected chi connectivity index (χ2v) is 8.79. The number of aryl methyl sites for hydroxylation is 1. The zero-order valence-electron chi connectivity index (χ0n) is 21.2. The Morgan fingerprint density at radius 3 is 1.49 bits per heavy atom. The third-order valence-corrected chi connectivity index (χ3v) is 5.62. The van der Waals surface area contributed by atoms with Gasteiger partial charge < -0.3 is 23.8 Å². The van der Waals surface area contributed by atoms with Crippen molar-refractivity contribution in [3.05, 3.63) is 47.5 Å². The van der Waals surface area contributed by atoms with E-state index < -0.39 is 0 Å². The van der Waals surface area contributed by atoms with E-state index in [0.29, 0.717) is 24.3 Å². The van der Waals surface area contributed by atoms with Crippen LogP contribution < -0.4 is 0 Å². The number of carbonyl (C=O) groups excluding carboxylic acids is 2. The first kappa shape index (κ1) is 30.7. The molecule has 1 aromatic heterocycles. The molecule has 0 saturated heterocycles. The molecule has 0 spiro atoms. The van der Waals surface area contributed by atoms with Crippen molar-refractivity contribution in [1.29, 1.82) is 0 Å². The van der Waals surface area contributed by atoms with Crippen molar-refractivity contribution >= 4 is 58.6 Å². The number of aromatic nitrogens is 1. The van der Waals surface area contributed by atoms with Crippen LogP contribution in [0.2, 0.25) is 0 Å². The summed E-state index contributed by atoms with van der Waals surface area (Å²) in [5, 5.41) is 1.86. The van der Waals surface area contributed by atoms with Crippen LogP contribution in [-0.4, -0.2) is 80.8 Å². The molecule has 35 heavy (non-hydrogen) atoms. The number of nitrogens with zero attached hydrogens (tertiary/aromatic N) is 3. The topological polar surface area (TPSA) is 64.0 Å². The summed E-state index contributed by atoms with van der Waals surface area (Å²) >= 11 is 0. The van der Waals surface area contributed by atoms with Gasteiger partial charge in [-0.1, -0.05) is 0 Å². The highest BCUT2D eigenvalue weighted by Crippen LogP contribution is 2.31. The molecular weight excluding hydrogens is 489 g/mol. The highest BCUT2D eigenvalue weighted by molar-refractivity contribution is 6.12. The molecule has 0 aliphatic carbocycles. The van der Waals surface area contributed by atoms with Crippen LogP contribution in [0.15, 0.2) is 36.4 Å². The average molecular weight is 527 g/mol. The SMILES string of the molecule is CCn1c2ccc(C(=O)OCCCN(C)C)cc2c2cc(C(=O)OCCCN(C)C)ccc21.Cl.Cl. The molecule has 0 radical (unpaired) electrons. The predicted octanol–water partition coefficient (Wildman–Crippen LogP) is 4.88. The van der Waals surface area contributed by atoms with Gasteiger partial charge in [0.15, 0.2) is 0 Å². The number of esters is 2. The quantitative estimate of drug-likeness (QED) is 0.262. The summed E-state index contributed by atoms with van der Waals surface area (Å²) in [6.07, 6.45) is 1.58. The maximum atomic E-state index is 12.6. The molecule has 0 atom stereocenters. The monoisotopic (exact) mass is 525 g/mol. The molecule has 0 amide bonds. The molecule has 0 bridgehead atoms. The largest absolute Gasteiger partial charge is 0.462 e. The average Bonchev–Trinajstić information content (AvgIpc) is 3.11. The van der Waals surface area contributed by atoms with Crippen LogP contribution in [0.25, 0.3) is 21.8 Å². The summed E-state index contributed by atoms with van der Waals surface area (Å²) in [6, 6.07) is 11.3. The molecule has 194 valence electrons. The molecule has 3 rings (SSSR count). The van der Waals surface area contributed by atoms with Crippen molar-refractivity contribution in [3.8, 4) is 0 Å². The first-order chi connectivity index (χ1) is 15.8. The molecule has 0 saturated carbocycles. The third-order valence-electron chi connectivity index (χ3n) is 5.62. The van der Waals surface area contributed by atoms with Gasteiger partial charge in [-0.3, -0.25) is 0 Å². The molecule has 2 aromatic carbocycles. The van der Waals surface area contributed by atoms with E-state index in [1.165, 1.54) is 0 Å². The minimum Gasteiger partial charge on any atom is -0.462 e. The minimum absolute atomic E-state index is 0. The molecule has 0 N–H and O–H groups in total. The van der Waals surface area contributed by atoms with Crippen molar-refractivity contribution in [2.45, 2.75) is 26.3 Å². The molecule has 9 heteroatoms. The van der Waals surface area contributed by atoms with E-state index in [1.54, 1.807) is 0 Å². The standard InChI is InChI=1S/C26H35N3O4.2ClH/c1-6-29-23-11-9-19(25(30)32-15-7-13-27(2)3)17-21(23)22-18-20(10-12-24(22)29)26(31)33-16-8-14-28(4)5;;/h9-12,17-18H,6-8,13-16H2,1-5H3;2*1H. The summed E-state index contributed by atoms with van der Waals surface area (Å²) in [6.45, 7) is 5.36. The van der Waals surface area contributed by atoms with Gasteiger partial charge in [0.05, 0.1) is 24.3 Å². The second kappa shape index (κ2) is 14.3. The minimum atomic E-state index is -0.329. The summed E-state index contributed by atoms with van der Waals surface area (Å²) in [7, 11) is 7.97. The van der Waals surface area contributed by atoms with E-state index in [9.17, 15) is 9.59 Å². The van der Waals surface area contributed by atoms with Gasteiger partial charge in [0.2, 0.25) is 0 Å². The number of hydrogen-bond donors (Lipinski definition) is 0. The highest BCUT2D eigenvalue weighted by atomic mass is 35.5. The zero-order valence-corrected chi connectivity index (χ0v) is 22.8.